The zero-order valence-corrected chi connectivity index (χ0v) is 12.2. The average Bonchev–Trinajstić information content (AvgIpc) is 2.81. The SMILES string of the molecule is CC(Nc1ccc(N(C)C)c(Cl)c1)c1cscn1. The van der Waals surface area contributed by atoms with E-state index in [-0.39, 0.29) is 6.04 Å². The highest BCUT2D eigenvalue weighted by Crippen LogP contribution is 2.29. The predicted molar refractivity (Wildman–Crippen MR) is 79.9 cm³/mol. The van der Waals surface area contributed by atoms with Crippen LogP contribution < -0.4 is 10.2 Å². The molecular formula is C13H16ClN3S. The number of rotatable bonds is 4. The Morgan fingerprint density at radius 2 is 2.17 bits per heavy atom. The van der Waals surface area contributed by atoms with Crippen molar-refractivity contribution in [2.45, 2.75) is 13.0 Å². The van der Waals surface area contributed by atoms with Crippen LogP contribution in [0.4, 0.5) is 11.4 Å². The van der Waals surface area contributed by atoms with Gasteiger partial charge in [0.15, 0.2) is 0 Å². The van der Waals surface area contributed by atoms with E-state index in [1.54, 1.807) is 11.3 Å². The fourth-order valence-electron chi connectivity index (χ4n) is 1.72. The van der Waals surface area contributed by atoms with Crippen molar-refractivity contribution in [2.24, 2.45) is 0 Å². The number of aromatic nitrogens is 1. The standard InChI is InChI=1S/C13H16ClN3S/c1-9(12-7-18-8-15-12)16-10-4-5-13(17(2)3)11(14)6-10/h4-9,16H,1-3H3. The Kier molecular flexibility index (Phi) is 4.09. The highest BCUT2D eigenvalue weighted by atomic mass is 35.5. The van der Waals surface area contributed by atoms with E-state index in [1.165, 1.54) is 0 Å². The van der Waals surface area contributed by atoms with Crippen molar-refractivity contribution in [2.75, 3.05) is 24.3 Å². The minimum atomic E-state index is 0.178. The van der Waals surface area contributed by atoms with Crippen LogP contribution in [0.3, 0.4) is 0 Å². The van der Waals surface area contributed by atoms with Crippen molar-refractivity contribution >= 4 is 34.3 Å². The monoisotopic (exact) mass is 281 g/mol. The van der Waals surface area contributed by atoms with Crippen LogP contribution in [0.1, 0.15) is 18.7 Å². The number of halogens is 1. The van der Waals surface area contributed by atoms with Crippen molar-refractivity contribution < 1.29 is 0 Å². The molecule has 96 valence electrons. The van der Waals surface area contributed by atoms with Crippen molar-refractivity contribution in [3.8, 4) is 0 Å². The van der Waals surface area contributed by atoms with E-state index >= 15 is 0 Å². The number of thiazole rings is 1. The smallest absolute Gasteiger partial charge is 0.0795 e. The maximum Gasteiger partial charge on any atom is 0.0795 e. The summed E-state index contributed by atoms with van der Waals surface area (Å²) >= 11 is 7.84. The summed E-state index contributed by atoms with van der Waals surface area (Å²) in [6, 6.07) is 6.17. The second-order valence-electron chi connectivity index (χ2n) is 4.34. The molecule has 0 fully saturated rings. The Hall–Kier alpha value is -1.26. The van der Waals surface area contributed by atoms with Gasteiger partial charge in [-0.25, -0.2) is 4.98 Å². The number of nitrogens with zero attached hydrogens (tertiary/aromatic N) is 2. The molecule has 1 aromatic heterocycles. The summed E-state index contributed by atoms with van der Waals surface area (Å²) in [6.45, 7) is 2.09. The van der Waals surface area contributed by atoms with Crippen LogP contribution in [-0.4, -0.2) is 19.1 Å². The largest absolute Gasteiger partial charge is 0.377 e. The van der Waals surface area contributed by atoms with Crippen LogP contribution in [0.2, 0.25) is 5.02 Å². The van der Waals surface area contributed by atoms with Gasteiger partial charge >= 0.3 is 0 Å². The fourth-order valence-corrected chi connectivity index (χ4v) is 2.72. The van der Waals surface area contributed by atoms with Crippen LogP contribution in [0, 0.1) is 0 Å². The van der Waals surface area contributed by atoms with Gasteiger partial charge < -0.3 is 10.2 Å². The van der Waals surface area contributed by atoms with Gasteiger partial charge in [0.25, 0.3) is 0 Å². The lowest BCUT2D eigenvalue weighted by Gasteiger charge is -2.17. The number of nitrogens with one attached hydrogen (secondary N) is 1. The summed E-state index contributed by atoms with van der Waals surface area (Å²) < 4.78 is 0. The van der Waals surface area contributed by atoms with Crippen molar-refractivity contribution in [1.29, 1.82) is 0 Å². The molecule has 18 heavy (non-hydrogen) atoms. The number of hydrogen-bond acceptors (Lipinski definition) is 4. The predicted octanol–water partition coefficient (Wildman–Crippen LogP) is 4.04. The van der Waals surface area contributed by atoms with E-state index in [1.807, 2.05) is 48.1 Å². The molecule has 0 aliphatic heterocycles. The Morgan fingerprint density at radius 3 is 2.72 bits per heavy atom. The average molecular weight is 282 g/mol. The van der Waals surface area contributed by atoms with E-state index in [9.17, 15) is 0 Å². The van der Waals surface area contributed by atoms with Gasteiger partial charge in [-0.15, -0.1) is 11.3 Å². The minimum Gasteiger partial charge on any atom is -0.377 e. The molecule has 2 rings (SSSR count). The highest BCUT2D eigenvalue weighted by Gasteiger charge is 2.09. The minimum absolute atomic E-state index is 0.178. The first-order chi connectivity index (χ1) is 8.58. The molecule has 0 aliphatic rings. The first kappa shape index (κ1) is 13.2. The Morgan fingerprint density at radius 1 is 1.39 bits per heavy atom. The van der Waals surface area contributed by atoms with Gasteiger partial charge in [0.2, 0.25) is 0 Å². The second-order valence-corrected chi connectivity index (χ2v) is 5.47. The third-order valence-electron chi connectivity index (χ3n) is 2.71. The molecule has 1 aromatic carbocycles. The van der Waals surface area contributed by atoms with Gasteiger partial charge in [0.1, 0.15) is 0 Å². The van der Waals surface area contributed by atoms with Gasteiger partial charge in [-0.1, -0.05) is 11.6 Å². The molecule has 0 saturated carbocycles. The topological polar surface area (TPSA) is 28.2 Å². The molecule has 3 nitrogen and oxygen atoms in total. The fraction of sp³-hybridized carbons (Fsp3) is 0.308. The molecule has 1 atom stereocenters. The van der Waals surface area contributed by atoms with E-state index in [0.717, 1.165) is 22.1 Å². The molecule has 0 aliphatic carbocycles. The van der Waals surface area contributed by atoms with Gasteiger partial charge in [0, 0.05) is 25.2 Å². The van der Waals surface area contributed by atoms with E-state index in [4.69, 9.17) is 11.6 Å². The molecule has 0 radical (unpaired) electrons. The molecule has 0 spiro atoms. The maximum absolute atomic E-state index is 6.24. The zero-order valence-electron chi connectivity index (χ0n) is 10.6. The van der Waals surface area contributed by atoms with E-state index in [2.05, 4.69) is 17.2 Å². The summed E-state index contributed by atoms with van der Waals surface area (Å²) in [5.74, 6) is 0. The van der Waals surface area contributed by atoms with Crippen LogP contribution in [0.5, 0.6) is 0 Å². The Bertz CT molecular complexity index is 511. The van der Waals surface area contributed by atoms with Gasteiger partial charge in [0.05, 0.1) is 28.0 Å². The van der Waals surface area contributed by atoms with Crippen LogP contribution in [0.25, 0.3) is 0 Å². The first-order valence-electron chi connectivity index (χ1n) is 5.69. The quantitative estimate of drug-likeness (QED) is 0.917. The number of hydrogen-bond donors (Lipinski definition) is 1. The molecule has 0 amide bonds. The maximum atomic E-state index is 6.24. The summed E-state index contributed by atoms with van der Waals surface area (Å²) in [5, 5.41) is 6.19. The molecular weight excluding hydrogens is 266 g/mol. The third-order valence-corrected chi connectivity index (χ3v) is 3.62. The van der Waals surface area contributed by atoms with E-state index < -0.39 is 0 Å². The third kappa shape index (κ3) is 2.94. The summed E-state index contributed by atoms with van der Waals surface area (Å²) in [6.07, 6.45) is 0. The number of anilines is 2. The van der Waals surface area contributed by atoms with Gasteiger partial charge in [-0.05, 0) is 25.1 Å². The van der Waals surface area contributed by atoms with Gasteiger partial charge in [-0.2, -0.15) is 0 Å². The molecule has 1 N–H and O–H groups in total. The molecule has 1 heterocycles. The molecule has 1 unspecified atom stereocenters. The van der Waals surface area contributed by atoms with Crippen molar-refractivity contribution in [1.82, 2.24) is 4.98 Å². The van der Waals surface area contributed by atoms with Crippen LogP contribution in [-0.2, 0) is 0 Å². The molecule has 2 aromatic rings. The molecule has 5 heteroatoms. The lowest BCUT2D eigenvalue weighted by molar-refractivity contribution is 0.850. The zero-order chi connectivity index (χ0) is 13.1. The van der Waals surface area contributed by atoms with Gasteiger partial charge in [-0.3, -0.25) is 0 Å². The Labute approximate surface area is 116 Å². The first-order valence-corrected chi connectivity index (χ1v) is 7.01. The van der Waals surface area contributed by atoms with Crippen LogP contribution in [0.15, 0.2) is 29.1 Å². The lowest BCUT2D eigenvalue weighted by Crippen LogP contribution is -2.10. The van der Waals surface area contributed by atoms with Crippen molar-refractivity contribution in [3.63, 3.8) is 0 Å². The molecule has 0 saturated heterocycles. The Balaban J connectivity index is 2.13. The summed E-state index contributed by atoms with van der Waals surface area (Å²) in [4.78, 5) is 6.29. The number of benzene rings is 1. The normalized spacial score (nSPS) is 12.2. The van der Waals surface area contributed by atoms with Crippen LogP contribution >= 0.6 is 22.9 Å². The molecule has 0 bridgehead atoms. The highest BCUT2D eigenvalue weighted by molar-refractivity contribution is 7.07. The van der Waals surface area contributed by atoms with E-state index in [0.29, 0.717) is 0 Å². The summed E-state index contributed by atoms with van der Waals surface area (Å²) in [5.41, 5.74) is 4.91. The summed E-state index contributed by atoms with van der Waals surface area (Å²) in [7, 11) is 3.96. The lowest BCUT2D eigenvalue weighted by atomic mass is 10.2. The van der Waals surface area contributed by atoms with Crippen molar-refractivity contribution in [3.05, 3.63) is 39.8 Å². The second kappa shape index (κ2) is 5.59.